The molecule has 0 radical (unpaired) electrons. The molecule has 0 fully saturated rings. The average Bonchev–Trinajstić information content (AvgIpc) is 1.38. The van der Waals surface area contributed by atoms with Gasteiger partial charge in [0.25, 0.3) is 0 Å². The van der Waals surface area contributed by atoms with Gasteiger partial charge >= 0.3 is 5.97 Å². The Bertz CT molecular complexity index is 61.2. The highest BCUT2D eigenvalue weighted by atomic mass is 28.1. The zero-order chi connectivity index (χ0) is 4.28. The van der Waals surface area contributed by atoms with Crippen LogP contribution in [0, 0.1) is 0 Å². The summed E-state index contributed by atoms with van der Waals surface area (Å²) < 4.78 is 0. The fraction of sp³-hybridized carbons (Fsp3) is 0. The van der Waals surface area contributed by atoms with Crippen LogP contribution in [0.3, 0.4) is 0 Å². The summed E-state index contributed by atoms with van der Waals surface area (Å²) in [5, 5.41) is 7.60. The van der Waals surface area contributed by atoms with Gasteiger partial charge < -0.3 is 10.6 Å². The molecule has 4 heteroatoms. The fourth-order valence-corrected chi connectivity index (χ4v) is 0. The number of aliphatic carboxylic acids is 1. The van der Waals surface area contributed by atoms with Gasteiger partial charge in [-0.1, -0.05) is 6.58 Å². The van der Waals surface area contributed by atoms with E-state index in [2.05, 4.69) is 6.58 Å². The minimum atomic E-state index is -0.981. The molecular formula is C3H10O3Si. The predicted octanol–water partition coefficient (Wildman–Crippen LogP) is -2.02. The maximum absolute atomic E-state index is 9.25. The van der Waals surface area contributed by atoms with E-state index in [1.165, 1.54) is 0 Å². The Balaban J connectivity index is -0.0000000800. The average molecular weight is 122 g/mol. The summed E-state index contributed by atoms with van der Waals surface area (Å²) in [6, 6.07) is 0. The van der Waals surface area contributed by atoms with E-state index in [-0.39, 0.29) is 16.4 Å². The largest absolute Gasteiger partial charge is 0.478 e. The van der Waals surface area contributed by atoms with Gasteiger partial charge in [0.1, 0.15) is 0 Å². The lowest BCUT2D eigenvalue weighted by atomic mass is 10.7. The molecule has 0 heterocycles. The van der Waals surface area contributed by atoms with Gasteiger partial charge in [-0.3, -0.25) is 0 Å². The van der Waals surface area contributed by atoms with Crippen LogP contribution in [-0.4, -0.2) is 27.5 Å². The second kappa shape index (κ2) is 9.04. The van der Waals surface area contributed by atoms with Crippen LogP contribution >= 0.6 is 0 Å². The van der Waals surface area contributed by atoms with Gasteiger partial charge in [-0.25, -0.2) is 4.79 Å². The smallest absolute Gasteiger partial charge is 0.327 e. The van der Waals surface area contributed by atoms with Crippen molar-refractivity contribution >= 4 is 16.9 Å². The Morgan fingerprint density at radius 3 is 1.86 bits per heavy atom. The molecule has 7 heavy (non-hydrogen) atoms. The van der Waals surface area contributed by atoms with Crippen molar-refractivity contribution < 1.29 is 15.4 Å². The fourth-order valence-electron chi connectivity index (χ4n) is 0. The van der Waals surface area contributed by atoms with E-state index in [4.69, 9.17) is 5.11 Å². The monoisotopic (exact) mass is 122 g/mol. The molecule has 0 aliphatic heterocycles. The van der Waals surface area contributed by atoms with Crippen molar-refractivity contribution in [1.82, 2.24) is 0 Å². The first kappa shape index (κ1) is 16.2. The summed E-state index contributed by atoms with van der Waals surface area (Å²) >= 11 is 0. The van der Waals surface area contributed by atoms with E-state index in [9.17, 15) is 4.79 Å². The first-order valence-corrected chi connectivity index (χ1v) is 1.12. The maximum atomic E-state index is 9.25. The second-order valence-corrected chi connectivity index (χ2v) is 0.542. The van der Waals surface area contributed by atoms with Crippen LogP contribution in [0.4, 0.5) is 0 Å². The van der Waals surface area contributed by atoms with Crippen LogP contribution in [0.2, 0.25) is 0 Å². The molecule has 0 amide bonds. The SMILES string of the molecule is C=CC(=O)O.O.[SiH4]. The lowest BCUT2D eigenvalue weighted by molar-refractivity contribution is -0.131. The maximum Gasteiger partial charge on any atom is 0.327 e. The Labute approximate surface area is 46.0 Å². The normalized spacial score (nSPS) is 4.57. The van der Waals surface area contributed by atoms with Crippen LogP contribution in [-0.2, 0) is 4.79 Å². The van der Waals surface area contributed by atoms with E-state index >= 15 is 0 Å². The zero-order valence-corrected chi connectivity index (χ0v) is 3.14. The molecule has 0 bridgehead atoms. The number of carboxylic acids is 1. The first-order chi connectivity index (χ1) is 2.27. The highest BCUT2D eigenvalue weighted by Crippen LogP contribution is 1.54. The molecule has 0 rings (SSSR count). The van der Waals surface area contributed by atoms with Crippen LogP contribution < -0.4 is 0 Å². The molecule has 0 aliphatic rings. The van der Waals surface area contributed by atoms with Crippen molar-refractivity contribution in [2.45, 2.75) is 0 Å². The van der Waals surface area contributed by atoms with Crippen molar-refractivity contribution in [2.24, 2.45) is 0 Å². The third-order valence-electron chi connectivity index (χ3n) is 0.175. The molecule has 0 spiro atoms. The van der Waals surface area contributed by atoms with Crippen LogP contribution in [0.1, 0.15) is 0 Å². The zero-order valence-electron chi connectivity index (χ0n) is 3.14. The summed E-state index contributed by atoms with van der Waals surface area (Å²) in [5.74, 6) is -0.981. The Morgan fingerprint density at radius 2 is 1.86 bits per heavy atom. The molecule has 0 aromatic rings. The van der Waals surface area contributed by atoms with E-state index in [0.29, 0.717) is 0 Å². The van der Waals surface area contributed by atoms with Gasteiger partial charge in [-0.15, -0.1) is 0 Å². The number of hydrogen-bond acceptors (Lipinski definition) is 1. The number of hydrogen-bond donors (Lipinski definition) is 1. The lowest BCUT2D eigenvalue weighted by Gasteiger charge is -1.64. The van der Waals surface area contributed by atoms with E-state index in [1.54, 1.807) is 0 Å². The summed E-state index contributed by atoms with van der Waals surface area (Å²) in [6.07, 6.45) is 0.833. The van der Waals surface area contributed by atoms with Crippen molar-refractivity contribution in [3.05, 3.63) is 12.7 Å². The standard InChI is InChI=1S/C3H4O2.H2O.H4Si/c1-2-3(4)5;;/h2H,1H2,(H,4,5);1H2;1H4. The Hall–Kier alpha value is -0.613. The molecule has 0 aromatic heterocycles. The summed E-state index contributed by atoms with van der Waals surface area (Å²) in [4.78, 5) is 9.25. The number of carbonyl (C=O) groups is 1. The van der Waals surface area contributed by atoms with Crippen LogP contribution in [0.15, 0.2) is 12.7 Å². The van der Waals surface area contributed by atoms with Gasteiger partial charge in [-0.2, -0.15) is 0 Å². The third kappa shape index (κ3) is 32.1. The van der Waals surface area contributed by atoms with Gasteiger partial charge in [0.05, 0.1) is 0 Å². The van der Waals surface area contributed by atoms with Crippen molar-refractivity contribution in [3.8, 4) is 0 Å². The van der Waals surface area contributed by atoms with Crippen LogP contribution in [0.25, 0.3) is 0 Å². The molecular weight excluding hydrogens is 112 g/mol. The van der Waals surface area contributed by atoms with Crippen molar-refractivity contribution in [2.75, 3.05) is 0 Å². The number of carboxylic acid groups (broad SMARTS) is 1. The van der Waals surface area contributed by atoms with Gasteiger partial charge in [0, 0.05) is 6.08 Å². The van der Waals surface area contributed by atoms with Gasteiger partial charge in [-0.05, 0) is 11.0 Å². The molecule has 0 aromatic carbocycles. The second-order valence-electron chi connectivity index (χ2n) is 0.542. The van der Waals surface area contributed by atoms with Gasteiger partial charge in [0.15, 0.2) is 0 Å². The topological polar surface area (TPSA) is 68.8 Å². The Kier molecular flexibility index (Phi) is 20.9. The highest BCUT2D eigenvalue weighted by Gasteiger charge is 1.73. The molecule has 0 atom stereocenters. The minimum absolute atomic E-state index is 0. The Morgan fingerprint density at radius 1 is 1.71 bits per heavy atom. The van der Waals surface area contributed by atoms with E-state index in [0.717, 1.165) is 6.08 Å². The summed E-state index contributed by atoms with van der Waals surface area (Å²) in [5.41, 5.74) is 0. The molecule has 44 valence electrons. The molecule has 0 aliphatic carbocycles. The summed E-state index contributed by atoms with van der Waals surface area (Å²) in [6.45, 7) is 2.96. The molecule has 0 saturated heterocycles. The quantitative estimate of drug-likeness (QED) is 0.322. The van der Waals surface area contributed by atoms with Gasteiger partial charge in [0.2, 0.25) is 0 Å². The van der Waals surface area contributed by atoms with E-state index < -0.39 is 5.97 Å². The van der Waals surface area contributed by atoms with Crippen molar-refractivity contribution in [3.63, 3.8) is 0 Å². The third-order valence-corrected chi connectivity index (χ3v) is 0.175. The van der Waals surface area contributed by atoms with Crippen LogP contribution in [0.5, 0.6) is 0 Å². The predicted molar refractivity (Wildman–Crippen MR) is 32.8 cm³/mol. The highest BCUT2D eigenvalue weighted by molar-refractivity contribution is 5.78. The number of rotatable bonds is 1. The van der Waals surface area contributed by atoms with Crippen molar-refractivity contribution in [1.29, 1.82) is 0 Å². The summed E-state index contributed by atoms with van der Waals surface area (Å²) in [7, 11) is 0. The first-order valence-electron chi connectivity index (χ1n) is 1.12. The molecule has 3 nitrogen and oxygen atoms in total. The lowest BCUT2D eigenvalue weighted by Crippen LogP contribution is -1.82. The molecule has 0 unspecified atom stereocenters. The van der Waals surface area contributed by atoms with E-state index in [1.807, 2.05) is 0 Å². The molecule has 0 saturated carbocycles. The molecule has 3 N–H and O–H groups in total. The minimum Gasteiger partial charge on any atom is -0.478 e.